The normalized spacial score (nSPS) is 45.4. The van der Waals surface area contributed by atoms with Crippen molar-refractivity contribution in [1.29, 1.82) is 0 Å². The lowest BCUT2D eigenvalue weighted by Gasteiger charge is -2.41. The predicted octanol–water partition coefficient (Wildman–Crippen LogP) is -5.78. The molecule has 0 aromatic rings. The summed E-state index contributed by atoms with van der Waals surface area (Å²) in [5.41, 5.74) is 0. The third kappa shape index (κ3) is 3.43. The molecular weight excluding hydrogens is 280 g/mol. The van der Waals surface area contributed by atoms with Crippen LogP contribution in [0.1, 0.15) is 1.37 Å². The number of aliphatic hydroxyl groups is 9. The van der Waals surface area contributed by atoms with Crippen LogP contribution in [-0.4, -0.2) is 108 Å². The Morgan fingerprint density at radius 3 is 1.95 bits per heavy atom. The second-order valence-corrected chi connectivity index (χ2v) is 4.57. The van der Waals surface area contributed by atoms with Gasteiger partial charge in [-0.3, -0.25) is 0 Å². The van der Waals surface area contributed by atoms with Crippen LogP contribution in [0, 0.1) is 0 Å². The average Bonchev–Trinajstić information content (AvgIpc) is 2.45. The van der Waals surface area contributed by atoms with Crippen molar-refractivity contribution in [2.24, 2.45) is 0 Å². The van der Waals surface area contributed by atoms with Crippen molar-refractivity contribution in [2.75, 3.05) is 6.61 Å². The average molecular weight is 302 g/mol. The smallest absolute Gasteiger partial charge is 0.184 e. The maximum absolute atomic E-state index is 9.79. The first-order valence-electron chi connectivity index (χ1n) is 6.32. The van der Waals surface area contributed by atoms with Gasteiger partial charge in [-0.15, -0.1) is 0 Å². The summed E-state index contributed by atoms with van der Waals surface area (Å²) in [5, 5.41) is 84.5. The van der Waals surface area contributed by atoms with E-state index in [2.05, 4.69) is 4.74 Å². The molecule has 1 rings (SSSR count). The molecule has 0 aliphatic carbocycles. The molecule has 9 unspecified atom stereocenters. The molecule has 0 saturated carbocycles. The van der Waals surface area contributed by atoms with Crippen molar-refractivity contribution >= 4 is 0 Å². The highest BCUT2D eigenvalue weighted by Crippen LogP contribution is 2.24. The van der Waals surface area contributed by atoms with E-state index in [1.165, 1.54) is 0 Å². The molecule has 120 valence electrons. The highest BCUT2D eigenvalue weighted by Gasteiger charge is 2.48. The minimum Gasteiger partial charge on any atom is -0.394 e. The zero-order valence-corrected chi connectivity index (χ0v) is 10.3. The molecule has 10 heteroatoms. The first-order chi connectivity index (χ1) is 9.54. The van der Waals surface area contributed by atoms with Gasteiger partial charge in [0.25, 0.3) is 0 Å². The van der Waals surface area contributed by atoms with Crippen molar-refractivity contribution in [2.45, 2.75) is 55.1 Å². The summed E-state index contributed by atoms with van der Waals surface area (Å²) in [6, 6.07) is 0. The molecule has 0 spiro atoms. The van der Waals surface area contributed by atoms with Crippen LogP contribution in [0.25, 0.3) is 0 Å². The second-order valence-electron chi connectivity index (χ2n) is 4.57. The van der Waals surface area contributed by atoms with Gasteiger partial charge in [-0.25, -0.2) is 0 Å². The summed E-state index contributed by atoms with van der Waals surface area (Å²) in [4.78, 5) is 0. The molecule has 0 aromatic carbocycles. The molecule has 0 radical (unpaired) electrons. The van der Waals surface area contributed by atoms with Crippen LogP contribution in [0.2, 0.25) is 0 Å². The summed E-state index contributed by atoms with van der Waals surface area (Å²) in [6.45, 7) is -0.928. The third-order valence-corrected chi connectivity index (χ3v) is 3.14. The number of hydrogen-bond donors (Lipinski definition) is 9. The van der Waals surface area contributed by atoms with Crippen LogP contribution in [0.15, 0.2) is 0 Å². The van der Waals surface area contributed by atoms with E-state index in [1.807, 2.05) is 0 Å². The molecule has 20 heavy (non-hydrogen) atoms. The van der Waals surface area contributed by atoms with Gasteiger partial charge in [0.2, 0.25) is 0 Å². The maximum Gasteiger partial charge on any atom is 0.184 e. The Bertz CT molecular complexity index is 342. The fraction of sp³-hybridized carbons (Fsp3) is 1.00. The molecule has 1 fully saturated rings. The lowest BCUT2D eigenvalue weighted by molar-refractivity contribution is -0.306. The van der Waals surface area contributed by atoms with Gasteiger partial charge in [-0.05, 0) is 0 Å². The standard InChI is InChI=1S/C10H20O10/c11-1-2(12)3(13)4(14)6(16)9-7(17)5(15)8(18)10(19)20-9/h2-19H,1H2/i10T. The summed E-state index contributed by atoms with van der Waals surface area (Å²) in [7, 11) is 0. The van der Waals surface area contributed by atoms with Crippen LogP contribution in [-0.2, 0) is 4.74 Å². The van der Waals surface area contributed by atoms with E-state index < -0.39 is 61.7 Å². The molecule has 0 amide bonds. The largest absolute Gasteiger partial charge is 0.394 e. The second kappa shape index (κ2) is 7.04. The first kappa shape index (κ1) is 16.0. The van der Waals surface area contributed by atoms with Gasteiger partial charge in [0, 0.05) is 0 Å². The number of aliphatic hydroxyl groups excluding tert-OH is 8. The van der Waals surface area contributed by atoms with Crippen molar-refractivity contribution in [1.82, 2.24) is 0 Å². The molecular formula is C10H20O10. The van der Waals surface area contributed by atoms with Crippen LogP contribution in [0.5, 0.6) is 0 Å². The number of rotatable bonds is 5. The van der Waals surface area contributed by atoms with E-state index in [0.717, 1.165) is 0 Å². The number of hydrogen-bond acceptors (Lipinski definition) is 10. The topological polar surface area (TPSA) is 191 Å². The molecule has 9 atom stereocenters. The van der Waals surface area contributed by atoms with Gasteiger partial charge < -0.3 is 50.7 Å². The Balaban J connectivity index is 2.88. The molecule has 0 aromatic heterocycles. The van der Waals surface area contributed by atoms with Crippen molar-refractivity contribution < 1.29 is 52.1 Å². The molecule has 1 heterocycles. The zero-order valence-electron chi connectivity index (χ0n) is 11.3. The summed E-state index contributed by atoms with van der Waals surface area (Å²) in [6.07, 6.45) is -19.4. The Labute approximate surface area is 115 Å². The van der Waals surface area contributed by atoms with Crippen molar-refractivity contribution in [3.8, 4) is 0 Å². The zero-order chi connectivity index (χ0) is 16.5. The minimum atomic E-state index is -3.06. The van der Waals surface area contributed by atoms with Crippen LogP contribution < -0.4 is 0 Å². The Kier molecular flexibility index (Phi) is 5.63. The SMILES string of the molecule is [3H]C1(O)OC(C(O)C(O)C(O)C(O)CO)C(O)C(O)C1O. The molecule has 1 saturated heterocycles. The van der Waals surface area contributed by atoms with Crippen molar-refractivity contribution in [3.63, 3.8) is 0 Å². The predicted molar refractivity (Wildman–Crippen MR) is 60.0 cm³/mol. The van der Waals surface area contributed by atoms with E-state index >= 15 is 0 Å². The van der Waals surface area contributed by atoms with E-state index in [1.54, 1.807) is 0 Å². The molecule has 1 aliphatic heterocycles. The van der Waals surface area contributed by atoms with Gasteiger partial charge in [-0.1, -0.05) is 0 Å². The van der Waals surface area contributed by atoms with E-state index in [9.17, 15) is 35.7 Å². The fourth-order valence-electron chi connectivity index (χ4n) is 1.81. The minimum absolute atomic E-state index is 0.928. The molecule has 10 nitrogen and oxygen atoms in total. The van der Waals surface area contributed by atoms with Gasteiger partial charge >= 0.3 is 0 Å². The Morgan fingerprint density at radius 1 is 0.900 bits per heavy atom. The monoisotopic (exact) mass is 302 g/mol. The van der Waals surface area contributed by atoms with Crippen LogP contribution >= 0.6 is 0 Å². The summed E-state index contributed by atoms with van der Waals surface area (Å²) in [5.74, 6) is 0. The first-order valence-corrected chi connectivity index (χ1v) is 5.82. The van der Waals surface area contributed by atoms with E-state index in [4.69, 9.17) is 11.6 Å². The lowest BCUT2D eigenvalue weighted by Crippen LogP contribution is -2.63. The van der Waals surface area contributed by atoms with Gasteiger partial charge in [0.15, 0.2) is 6.27 Å². The summed E-state index contributed by atoms with van der Waals surface area (Å²) >= 11 is 0. The number of ether oxygens (including phenoxy) is 1. The van der Waals surface area contributed by atoms with E-state index in [-0.39, 0.29) is 0 Å². The quantitative estimate of drug-likeness (QED) is 0.236. The molecule has 1 aliphatic rings. The lowest BCUT2D eigenvalue weighted by atomic mass is 9.90. The molecule has 0 bridgehead atoms. The van der Waals surface area contributed by atoms with Gasteiger partial charge in [-0.2, -0.15) is 0 Å². The Morgan fingerprint density at radius 2 is 1.45 bits per heavy atom. The highest BCUT2D eigenvalue weighted by atomic mass is 16.6. The van der Waals surface area contributed by atoms with Gasteiger partial charge in [0.05, 0.1) is 7.98 Å². The van der Waals surface area contributed by atoms with Crippen LogP contribution in [0.3, 0.4) is 0 Å². The van der Waals surface area contributed by atoms with Crippen molar-refractivity contribution in [3.05, 3.63) is 0 Å². The van der Waals surface area contributed by atoms with E-state index in [0.29, 0.717) is 0 Å². The van der Waals surface area contributed by atoms with Gasteiger partial charge in [0.1, 0.15) is 48.8 Å². The molecule has 9 N–H and O–H groups in total. The maximum atomic E-state index is 9.79. The highest BCUT2D eigenvalue weighted by molar-refractivity contribution is 4.96. The summed E-state index contributed by atoms with van der Waals surface area (Å²) < 4.78 is 11.7. The Hall–Kier alpha value is -0.400. The fourth-order valence-corrected chi connectivity index (χ4v) is 1.81. The third-order valence-electron chi connectivity index (χ3n) is 3.14. The van der Waals surface area contributed by atoms with Crippen LogP contribution in [0.4, 0.5) is 0 Å².